The van der Waals surface area contributed by atoms with Crippen LogP contribution in [0.5, 0.6) is 0 Å². The van der Waals surface area contributed by atoms with Crippen molar-refractivity contribution in [1.82, 2.24) is 19.9 Å². The molecule has 3 N–H and O–H groups in total. The van der Waals surface area contributed by atoms with Crippen molar-refractivity contribution in [1.29, 1.82) is 0 Å². The van der Waals surface area contributed by atoms with E-state index in [1.807, 2.05) is 18.5 Å². The van der Waals surface area contributed by atoms with E-state index < -0.39 is 0 Å². The third kappa shape index (κ3) is 2.66. The zero-order valence-corrected chi connectivity index (χ0v) is 14.7. The summed E-state index contributed by atoms with van der Waals surface area (Å²) in [6.45, 7) is 2.09. The van der Waals surface area contributed by atoms with Crippen molar-refractivity contribution in [3.8, 4) is 0 Å². The number of aromatic amines is 2. The summed E-state index contributed by atoms with van der Waals surface area (Å²) in [6, 6.07) is 12.7. The predicted octanol–water partition coefficient (Wildman–Crippen LogP) is 4.51. The molecule has 130 valence electrons. The van der Waals surface area contributed by atoms with Crippen LogP contribution in [0.15, 0.2) is 54.9 Å². The number of likely N-dealkylation sites (N-methyl/N-ethyl adjacent to an activating group) is 1. The highest BCUT2D eigenvalue weighted by Crippen LogP contribution is 2.30. The Morgan fingerprint density at radius 2 is 2.12 bits per heavy atom. The van der Waals surface area contributed by atoms with Crippen LogP contribution in [-0.2, 0) is 0 Å². The number of fused-ring (bicyclic) bond motifs is 2. The van der Waals surface area contributed by atoms with Crippen LogP contribution < -0.4 is 5.32 Å². The van der Waals surface area contributed by atoms with Gasteiger partial charge in [0.1, 0.15) is 5.65 Å². The highest BCUT2D eigenvalue weighted by molar-refractivity contribution is 5.95. The SMILES string of the molecule is CN1CC=C(c2cc3c(Nc4ccc5[nH]ccc5c4)ccnc3[nH]2)CC1. The van der Waals surface area contributed by atoms with Gasteiger partial charge in [-0.3, -0.25) is 0 Å². The number of H-pyrrole nitrogens is 2. The number of pyridine rings is 1. The molecule has 0 saturated heterocycles. The fraction of sp³-hybridized carbons (Fsp3) is 0.190. The van der Waals surface area contributed by atoms with Gasteiger partial charge in [0.15, 0.2) is 0 Å². The van der Waals surface area contributed by atoms with E-state index in [1.54, 1.807) is 0 Å². The molecule has 5 rings (SSSR count). The summed E-state index contributed by atoms with van der Waals surface area (Å²) in [5, 5.41) is 5.87. The van der Waals surface area contributed by atoms with Crippen molar-refractivity contribution in [2.24, 2.45) is 0 Å². The molecule has 0 unspecified atom stereocenters. The fourth-order valence-corrected chi connectivity index (χ4v) is 3.61. The van der Waals surface area contributed by atoms with Crippen LogP contribution in [0.25, 0.3) is 27.5 Å². The Morgan fingerprint density at radius 3 is 3.00 bits per heavy atom. The van der Waals surface area contributed by atoms with E-state index in [2.05, 4.69) is 68.6 Å². The lowest BCUT2D eigenvalue weighted by atomic mass is 10.1. The molecular weight excluding hydrogens is 322 g/mol. The van der Waals surface area contributed by atoms with E-state index >= 15 is 0 Å². The van der Waals surface area contributed by atoms with E-state index in [0.29, 0.717) is 0 Å². The topological polar surface area (TPSA) is 59.7 Å². The summed E-state index contributed by atoms with van der Waals surface area (Å²) in [5.41, 5.74) is 6.77. The molecule has 4 aromatic rings. The predicted molar refractivity (Wildman–Crippen MR) is 108 cm³/mol. The zero-order valence-electron chi connectivity index (χ0n) is 14.7. The van der Waals surface area contributed by atoms with Gasteiger partial charge >= 0.3 is 0 Å². The molecular formula is C21H21N5. The van der Waals surface area contributed by atoms with Gasteiger partial charge in [-0.2, -0.15) is 0 Å². The number of hydrogen-bond donors (Lipinski definition) is 3. The quantitative estimate of drug-likeness (QED) is 0.513. The minimum absolute atomic E-state index is 0.924. The van der Waals surface area contributed by atoms with Gasteiger partial charge in [0.25, 0.3) is 0 Å². The average Bonchev–Trinajstić information content (AvgIpc) is 3.29. The maximum atomic E-state index is 4.52. The third-order valence-corrected chi connectivity index (χ3v) is 5.12. The molecule has 5 nitrogen and oxygen atoms in total. The maximum Gasteiger partial charge on any atom is 0.139 e. The monoisotopic (exact) mass is 343 g/mol. The Labute approximate surface area is 151 Å². The molecule has 0 spiro atoms. The minimum Gasteiger partial charge on any atom is -0.361 e. The van der Waals surface area contributed by atoms with Crippen molar-refractivity contribution < 1.29 is 0 Å². The largest absolute Gasteiger partial charge is 0.361 e. The first kappa shape index (κ1) is 15.2. The molecule has 1 aliphatic rings. The smallest absolute Gasteiger partial charge is 0.139 e. The Kier molecular flexibility index (Phi) is 3.53. The van der Waals surface area contributed by atoms with Crippen LogP contribution in [0.1, 0.15) is 12.1 Å². The number of hydrogen-bond acceptors (Lipinski definition) is 3. The van der Waals surface area contributed by atoms with Crippen molar-refractivity contribution >= 4 is 38.9 Å². The molecule has 0 bridgehead atoms. The second-order valence-electron chi connectivity index (χ2n) is 6.95. The molecule has 4 heterocycles. The zero-order chi connectivity index (χ0) is 17.5. The molecule has 0 radical (unpaired) electrons. The Hall–Kier alpha value is -3.05. The van der Waals surface area contributed by atoms with Crippen LogP contribution in [0.4, 0.5) is 11.4 Å². The first-order chi connectivity index (χ1) is 12.8. The summed E-state index contributed by atoms with van der Waals surface area (Å²) >= 11 is 0. The third-order valence-electron chi connectivity index (χ3n) is 5.12. The molecule has 5 heteroatoms. The number of rotatable bonds is 3. The van der Waals surface area contributed by atoms with Crippen molar-refractivity contribution in [3.05, 3.63) is 60.6 Å². The van der Waals surface area contributed by atoms with E-state index in [0.717, 1.165) is 47.4 Å². The van der Waals surface area contributed by atoms with Crippen molar-refractivity contribution in [2.45, 2.75) is 6.42 Å². The summed E-state index contributed by atoms with van der Waals surface area (Å²) in [6.07, 6.45) is 7.19. The molecule has 3 aromatic heterocycles. The number of benzene rings is 1. The van der Waals surface area contributed by atoms with Gasteiger partial charge in [-0.25, -0.2) is 4.98 Å². The van der Waals surface area contributed by atoms with Crippen LogP contribution in [0.3, 0.4) is 0 Å². The molecule has 1 aliphatic heterocycles. The van der Waals surface area contributed by atoms with Gasteiger partial charge in [0, 0.05) is 53.2 Å². The second kappa shape index (κ2) is 6.04. The lowest BCUT2D eigenvalue weighted by Gasteiger charge is -2.21. The van der Waals surface area contributed by atoms with E-state index in [1.165, 1.54) is 16.7 Å². The lowest BCUT2D eigenvalue weighted by Crippen LogP contribution is -2.23. The standard InChI is InChI=1S/C21H21N5/c1-26-10-6-14(7-11-26)20-13-17-19(5-9-23-21(17)25-20)24-16-2-3-18-15(12-16)4-8-22-18/h2-6,8-9,12-13,22H,7,10-11H2,1H3,(H2,23,24,25). The lowest BCUT2D eigenvalue weighted by molar-refractivity contribution is 0.370. The maximum absolute atomic E-state index is 4.52. The van der Waals surface area contributed by atoms with E-state index in [-0.39, 0.29) is 0 Å². The normalized spacial score (nSPS) is 15.5. The Bertz CT molecular complexity index is 1120. The average molecular weight is 343 g/mol. The number of nitrogens with zero attached hydrogens (tertiary/aromatic N) is 2. The molecule has 0 amide bonds. The van der Waals surface area contributed by atoms with E-state index in [4.69, 9.17) is 0 Å². The Balaban J connectivity index is 1.51. The van der Waals surface area contributed by atoms with Crippen LogP contribution in [0.2, 0.25) is 0 Å². The highest BCUT2D eigenvalue weighted by Gasteiger charge is 2.14. The molecule has 0 fully saturated rings. The molecule has 0 atom stereocenters. The summed E-state index contributed by atoms with van der Waals surface area (Å²) in [4.78, 5) is 13.6. The molecule has 1 aromatic carbocycles. The van der Waals surface area contributed by atoms with Gasteiger partial charge in [-0.1, -0.05) is 6.08 Å². The first-order valence-electron chi connectivity index (χ1n) is 8.96. The molecule has 26 heavy (non-hydrogen) atoms. The summed E-state index contributed by atoms with van der Waals surface area (Å²) in [5.74, 6) is 0. The first-order valence-corrected chi connectivity index (χ1v) is 8.96. The number of anilines is 2. The highest BCUT2D eigenvalue weighted by atomic mass is 15.1. The Morgan fingerprint density at radius 1 is 1.15 bits per heavy atom. The second-order valence-corrected chi connectivity index (χ2v) is 6.95. The fourth-order valence-electron chi connectivity index (χ4n) is 3.61. The molecule has 0 saturated carbocycles. The van der Waals surface area contributed by atoms with Gasteiger partial charge in [-0.05, 0) is 55.4 Å². The van der Waals surface area contributed by atoms with Gasteiger partial charge in [-0.15, -0.1) is 0 Å². The van der Waals surface area contributed by atoms with E-state index in [9.17, 15) is 0 Å². The van der Waals surface area contributed by atoms with Crippen LogP contribution >= 0.6 is 0 Å². The summed E-state index contributed by atoms with van der Waals surface area (Å²) in [7, 11) is 2.16. The van der Waals surface area contributed by atoms with Crippen LogP contribution in [-0.4, -0.2) is 40.0 Å². The van der Waals surface area contributed by atoms with Crippen LogP contribution in [0, 0.1) is 0 Å². The van der Waals surface area contributed by atoms with Crippen molar-refractivity contribution in [3.63, 3.8) is 0 Å². The number of nitrogens with one attached hydrogen (secondary N) is 3. The van der Waals surface area contributed by atoms with Crippen molar-refractivity contribution in [2.75, 3.05) is 25.5 Å². The minimum atomic E-state index is 0.924. The van der Waals surface area contributed by atoms with Gasteiger partial charge in [0.05, 0.1) is 5.69 Å². The number of aromatic nitrogens is 3. The summed E-state index contributed by atoms with van der Waals surface area (Å²) < 4.78 is 0. The molecule has 0 aliphatic carbocycles. The van der Waals surface area contributed by atoms with Gasteiger partial charge < -0.3 is 20.2 Å². The van der Waals surface area contributed by atoms with Gasteiger partial charge in [0.2, 0.25) is 0 Å².